The first-order valence-electron chi connectivity index (χ1n) is 12.7. The lowest BCUT2D eigenvalue weighted by Gasteiger charge is -2.33. The summed E-state index contributed by atoms with van der Waals surface area (Å²) in [7, 11) is 0. The predicted octanol–water partition coefficient (Wildman–Crippen LogP) is 7.23. The quantitative estimate of drug-likeness (QED) is 0.273. The van der Waals surface area contributed by atoms with Gasteiger partial charge in [-0.05, 0) is 45.5 Å². The third-order valence-corrected chi connectivity index (χ3v) is 6.82. The van der Waals surface area contributed by atoms with Crippen LogP contribution >= 0.6 is 0 Å². The van der Waals surface area contributed by atoms with Gasteiger partial charge >= 0.3 is 0 Å². The van der Waals surface area contributed by atoms with Crippen molar-refractivity contribution >= 4 is 5.84 Å². The molecule has 4 nitrogen and oxygen atoms in total. The number of hydrogen-bond acceptors (Lipinski definition) is 4. The van der Waals surface area contributed by atoms with Gasteiger partial charge in [0.1, 0.15) is 18.2 Å². The smallest absolute Gasteiger partial charge is 0.131 e. The zero-order chi connectivity index (χ0) is 25.7. The molecule has 4 heteroatoms. The average molecular weight is 491 g/mol. The lowest BCUT2D eigenvalue weighted by atomic mass is 9.95. The monoisotopic (exact) mass is 490 g/mol. The maximum absolute atomic E-state index is 9.27. The molecule has 0 bridgehead atoms. The minimum absolute atomic E-state index is 0.0863. The van der Waals surface area contributed by atoms with Gasteiger partial charge in [0.25, 0.3) is 0 Å². The largest absolute Gasteiger partial charge is 0.350 e. The molecule has 1 aliphatic rings. The first kappa shape index (κ1) is 23.4. The molecule has 5 aromatic carbocycles. The number of nitrogens with one attached hydrogen (secondary N) is 2. The van der Waals surface area contributed by atoms with Gasteiger partial charge in [0.05, 0.1) is 11.6 Å². The summed E-state index contributed by atoms with van der Waals surface area (Å²) < 4.78 is 0. The first-order valence-corrected chi connectivity index (χ1v) is 12.7. The van der Waals surface area contributed by atoms with Crippen LogP contribution in [0.25, 0.3) is 22.3 Å². The van der Waals surface area contributed by atoms with E-state index in [1.807, 2.05) is 48.5 Å². The van der Waals surface area contributed by atoms with Crippen LogP contribution in [-0.2, 0) is 0 Å². The molecule has 0 saturated heterocycles. The Hall–Kier alpha value is -4.98. The first-order chi connectivity index (χ1) is 18.8. The number of hydrogen-bond donors (Lipinski definition) is 2. The van der Waals surface area contributed by atoms with Crippen molar-refractivity contribution in [1.29, 1.82) is 5.26 Å². The van der Waals surface area contributed by atoms with Crippen LogP contribution in [0.1, 0.15) is 34.6 Å². The van der Waals surface area contributed by atoms with E-state index in [0.717, 1.165) is 44.8 Å². The average Bonchev–Trinajstić information content (AvgIpc) is 3.02. The van der Waals surface area contributed by atoms with Crippen LogP contribution in [-0.4, -0.2) is 5.84 Å². The second kappa shape index (κ2) is 10.6. The maximum atomic E-state index is 9.27. The Morgan fingerprint density at radius 2 is 1.26 bits per heavy atom. The van der Waals surface area contributed by atoms with E-state index in [4.69, 9.17) is 4.99 Å². The van der Waals surface area contributed by atoms with Gasteiger partial charge in [0.2, 0.25) is 0 Å². The van der Waals surface area contributed by atoms with E-state index >= 15 is 0 Å². The zero-order valence-electron chi connectivity index (χ0n) is 20.8. The Morgan fingerprint density at radius 3 is 2.03 bits per heavy atom. The minimum atomic E-state index is -0.236. The predicted molar refractivity (Wildman–Crippen MR) is 153 cm³/mol. The summed E-state index contributed by atoms with van der Waals surface area (Å²) in [4.78, 5) is 5.13. The van der Waals surface area contributed by atoms with Gasteiger partial charge in [-0.15, -0.1) is 0 Å². The van der Waals surface area contributed by atoms with Gasteiger partial charge < -0.3 is 5.32 Å². The van der Waals surface area contributed by atoms with Gasteiger partial charge in [-0.1, -0.05) is 121 Å². The highest BCUT2D eigenvalue weighted by atomic mass is 15.3. The molecule has 38 heavy (non-hydrogen) atoms. The van der Waals surface area contributed by atoms with E-state index in [0.29, 0.717) is 5.56 Å². The van der Waals surface area contributed by atoms with Crippen molar-refractivity contribution in [3.05, 3.63) is 156 Å². The molecule has 2 N–H and O–H groups in total. The summed E-state index contributed by atoms with van der Waals surface area (Å²) in [5, 5.41) is 16.6. The van der Waals surface area contributed by atoms with Gasteiger partial charge in [0.15, 0.2) is 0 Å². The zero-order valence-corrected chi connectivity index (χ0v) is 20.8. The number of nitriles is 1. The highest BCUT2D eigenvalue weighted by Gasteiger charge is 2.26. The molecule has 1 aliphatic heterocycles. The van der Waals surface area contributed by atoms with Crippen molar-refractivity contribution < 1.29 is 0 Å². The minimum Gasteiger partial charge on any atom is -0.350 e. The molecule has 0 aliphatic carbocycles. The molecule has 2 unspecified atom stereocenters. The molecule has 0 spiro atoms. The standard InChI is InChI=1S/C34H26N4/c35-23-24-10-9-15-29(22-24)25-18-20-26(21-19-25)30-16-7-8-17-31(30)34-37-32(27-11-3-1-4-12-27)36-33(38-34)28-13-5-2-6-14-28/h1-22,32,34,37H,(H,36,38). The molecule has 5 aromatic rings. The van der Waals surface area contributed by atoms with Crippen LogP contribution < -0.4 is 10.6 Å². The van der Waals surface area contributed by atoms with Crippen LogP contribution in [0.5, 0.6) is 0 Å². The molecular formula is C34H26N4. The number of benzene rings is 5. The van der Waals surface area contributed by atoms with Crippen LogP contribution in [0.15, 0.2) is 138 Å². The van der Waals surface area contributed by atoms with E-state index in [2.05, 4.69) is 102 Å². The summed E-state index contributed by atoms with van der Waals surface area (Å²) in [6, 6.07) is 47.6. The van der Waals surface area contributed by atoms with Crippen molar-refractivity contribution in [2.75, 3.05) is 0 Å². The second-order valence-corrected chi connectivity index (χ2v) is 9.26. The fraction of sp³-hybridized carbons (Fsp3) is 0.0588. The Morgan fingerprint density at radius 1 is 0.605 bits per heavy atom. The molecule has 0 radical (unpaired) electrons. The summed E-state index contributed by atoms with van der Waals surface area (Å²) in [6.07, 6.45) is -0.323. The highest BCUT2D eigenvalue weighted by Crippen LogP contribution is 2.33. The topological polar surface area (TPSA) is 60.2 Å². The number of rotatable bonds is 5. The summed E-state index contributed by atoms with van der Waals surface area (Å²) in [6.45, 7) is 0. The third kappa shape index (κ3) is 4.84. The van der Waals surface area contributed by atoms with E-state index < -0.39 is 0 Å². The molecular weight excluding hydrogens is 464 g/mol. The van der Waals surface area contributed by atoms with Crippen molar-refractivity contribution in [3.8, 4) is 28.3 Å². The molecule has 0 saturated carbocycles. The Balaban J connectivity index is 1.38. The summed E-state index contributed by atoms with van der Waals surface area (Å²) >= 11 is 0. The van der Waals surface area contributed by atoms with Crippen molar-refractivity contribution in [1.82, 2.24) is 10.6 Å². The second-order valence-electron chi connectivity index (χ2n) is 9.26. The summed E-state index contributed by atoms with van der Waals surface area (Å²) in [5.41, 5.74) is 8.35. The molecule has 2 atom stereocenters. The lowest BCUT2D eigenvalue weighted by Crippen LogP contribution is -2.45. The Labute approximate surface area is 223 Å². The third-order valence-electron chi connectivity index (χ3n) is 6.82. The fourth-order valence-corrected chi connectivity index (χ4v) is 4.89. The molecule has 0 aromatic heterocycles. The van der Waals surface area contributed by atoms with Gasteiger partial charge in [-0.2, -0.15) is 5.26 Å². The Kier molecular flexibility index (Phi) is 6.51. The molecule has 0 fully saturated rings. The van der Waals surface area contributed by atoms with Crippen LogP contribution in [0, 0.1) is 11.3 Å². The van der Waals surface area contributed by atoms with Crippen molar-refractivity contribution in [2.45, 2.75) is 12.3 Å². The van der Waals surface area contributed by atoms with Crippen LogP contribution in [0.2, 0.25) is 0 Å². The normalized spacial score (nSPS) is 16.7. The number of amidine groups is 1. The molecule has 182 valence electrons. The van der Waals surface area contributed by atoms with Gasteiger partial charge in [0, 0.05) is 5.56 Å². The molecule has 1 heterocycles. The maximum Gasteiger partial charge on any atom is 0.131 e. The van der Waals surface area contributed by atoms with Crippen molar-refractivity contribution in [3.63, 3.8) is 0 Å². The highest BCUT2D eigenvalue weighted by molar-refractivity contribution is 5.99. The lowest BCUT2D eigenvalue weighted by molar-refractivity contribution is 0.409. The van der Waals surface area contributed by atoms with E-state index in [1.165, 1.54) is 0 Å². The van der Waals surface area contributed by atoms with E-state index in [1.54, 1.807) is 0 Å². The number of aliphatic imine (C=N–C) groups is 1. The van der Waals surface area contributed by atoms with E-state index in [9.17, 15) is 5.26 Å². The van der Waals surface area contributed by atoms with E-state index in [-0.39, 0.29) is 12.3 Å². The Bertz CT molecular complexity index is 1620. The van der Waals surface area contributed by atoms with Crippen LogP contribution in [0.4, 0.5) is 0 Å². The van der Waals surface area contributed by atoms with Gasteiger partial charge in [-0.25, -0.2) is 4.99 Å². The van der Waals surface area contributed by atoms with Gasteiger partial charge in [-0.3, -0.25) is 5.32 Å². The number of nitrogens with zero attached hydrogens (tertiary/aromatic N) is 2. The molecule has 6 rings (SSSR count). The fourth-order valence-electron chi connectivity index (χ4n) is 4.89. The van der Waals surface area contributed by atoms with Crippen LogP contribution in [0.3, 0.4) is 0 Å². The SMILES string of the molecule is N#Cc1cccc(-c2ccc(-c3ccccc3C3N=C(c4ccccc4)NC(c4ccccc4)N3)cc2)c1. The summed E-state index contributed by atoms with van der Waals surface area (Å²) in [5.74, 6) is 0.866. The van der Waals surface area contributed by atoms with Crippen molar-refractivity contribution in [2.24, 2.45) is 4.99 Å². The molecule has 0 amide bonds.